The highest BCUT2D eigenvalue weighted by Gasteiger charge is 2.22. The van der Waals surface area contributed by atoms with Crippen molar-refractivity contribution in [1.82, 2.24) is 34.9 Å². The number of benzene rings is 1. The number of carbonyl (C=O) groups is 1. The maximum Gasteiger partial charge on any atom is 0.229 e. The van der Waals surface area contributed by atoms with E-state index in [0.29, 0.717) is 39.5 Å². The summed E-state index contributed by atoms with van der Waals surface area (Å²) in [6.07, 6.45) is 7.69. The summed E-state index contributed by atoms with van der Waals surface area (Å²) in [5, 5.41) is 11.9. The van der Waals surface area contributed by atoms with E-state index in [9.17, 15) is 17.6 Å². The summed E-state index contributed by atoms with van der Waals surface area (Å²) in [5.74, 6) is -0.601. The Hall–Kier alpha value is -5.01. The average molecular weight is 613 g/mol. The van der Waals surface area contributed by atoms with Crippen LogP contribution in [0.1, 0.15) is 26.3 Å². The number of fused-ring (bicyclic) bond motifs is 2. The summed E-state index contributed by atoms with van der Waals surface area (Å²) in [4.78, 5) is 29.1. The lowest BCUT2D eigenvalue weighted by molar-refractivity contribution is -0.123. The van der Waals surface area contributed by atoms with E-state index in [-0.39, 0.29) is 12.5 Å². The van der Waals surface area contributed by atoms with Crippen LogP contribution in [0.4, 0.5) is 10.1 Å². The average Bonchev–Trinajstić information content (AvgIpc) is 3.59. The number of pyridine rings is 3. The molecular formula is C31H29FN8O3S. The van der Waals surface area contributed by atoms with Gasteiger partial charge >= 0.3 is 0 Å². The summed E-state index contributed by atoms with van der Waals surface area (Å²) >= 11 is 0. The minimum atomic E-state index is -3.44. The Bertz CT molecular complexity index is 2170. The molecule has 5 heterocycles. The quantitative estimate of drug-likeness (QED) is 0.188. The number of anilines is 1. The molecule has 11 nitrogen and oxygen atoms in total. The number of nitrogens with zero attached hydrogens (tertiary/aromatic N) is 4. The van der Waals surface area contributed by atoms with E-state index in [1.165, 1.54) is 12.1 Å². The van der Waals surface area contributed by atoms with E-state index in [0.717, 1.165) is 33.7 Å². The standard InChI is InChI=1S/C31H29FN8O3S/c1-31(2,3)30(41)37-22-10-19(14-33-16-22)20-11-25-27(39-40-29(25)35-15-20)26-12-24-23(5-6-34-28(24)38-26)18-7-17(8-21(32)9-18)13-36-44(4,42)43/h5-12,14-16,36H,13H2,1-4H3,(H,34,38)(H,37,41)(H,35,39,40). The first-order chi connectivity index (χ1) is 20.8. The monoisotopic (exact) mass is 612 g/mol. The number of nitrogens with one attached hydrogen (secondary N) is 4. The molecule has 6 aromatic rings. The van der Waals surface area contributed by atoms with Gasteiger partial charge in [-0.25, -0.2) is 27.5 Å². The minimum Gasteiger partial charge on any atom is -0.338 e. The third-order valence-corrected chi connectivity index (χ3v) is 7.69. The molecule has 0 atom stereocenters. The largest absolute Gasteiger partial charge is 0.338 e. The van der Waals surface area contributed by atoms with Crippen LogP contribution in [0.25, 0.3) is 55.7 Å². The fourth-order valence-corrected chi connectivity index (χ4v) is 5.21. The Kier molecular flexibility index (Phi) is 7.22. The minimum absolute atomic E-state index is 0.0355. The van der Waals surface area contributed by atoms with Crippen LogP contribution in [0, 0.1) is 11.2 Å². The van der Waals surface area contributed by atoms with Crippen LogP contribution in [0.15, 0.2) is 67.3 Å². The van der Waals surface area contributed by atoms with E-state index in [1.807, 2.05) is 39.0 Å². The molecule has 0 saturated carbocycles. The summed E-state index contributed by atoms with van der Waals surface area (Å²) < 4.78 is 40.1. The van der Waals surface area contributed by atoms with Gasteiger partial charge in [-0.3, -0.25) is 14.9 Å². The zero-order valence-corrected chi connectivity index (χ0v) is 25.2. The highest BCUT2D eigenvalue weighted by atomic mass is 32.2. The highest BCUT2D eigenvalue weighted by molar-refractivity contribution is 7.88. The zero-order chi connectivity index (χ0) is 31.2. The van der Waals surface area contributed by atoms with E-state index < -0.39 is 21.3 Å². The summed E-state index contributed by atoms with van der Waals surface area (Å²) in [5.41, 5.74) is 5.80. The first-order valence-corrected chi connectivity index (χ1v) is 15.6. The normalized spacial score (nSPS) is 12.2. The molecule has 0 saturated heterocycles. The number of aromatic amines is 2. The second-order valence-electron chi connectivity index (χ2n) is 11.6. The van der Waals surface area contributed by atoms with E-state index >= 15 is 0 Å². The van der Waals surface area contributed by atoms with Crippen LogP contribution in [0.5, 0.6) is 0 Å². The molecule has 0 unspecified atom stereocenters. The van der Waals surface area contributed by atoms with Crippen molar-refractivity contribution in [2.75, 3.05) is 11.6 Å². The maximum atomic E-state index is 14.6. The second-order valence-corrected chi connectivity index (χ2v) is 13.4. The van der Waals surface area contributed by atoms with Crippen LogP contribution in [-0.2, 0) is 21.4 Å². The Labute approximate surface area is 252 Å². The molecule has 0 bridgehead atoms. The van der Waals surface area contributed by atoms with Gasteiger partial charge in [0.25, 0.3) is 0 Å². The molecule has 0 spiro atoms. The van der Waals surface area contributed by atoms with Gasteiger partial charge in [0.15, 0.2) is 5.65 Å². The van der Waals surface area contributed by atoms with E-state index in [2.05, 4.69) is 40.2 Å². The molecule has 224 valence electrons. The van der Waals surface area contributed by atoms with Crippen molar-refractivity contribution in [3.63, 3.8) is 0 Å². The lowest BCUT2D eigenvalue weighted by Gasteiger charge is -2.17. The van der Waals surface area contributed by atoms with Crippen molar-refractivity contribution in [3.05, 3.63) is 78.6 Å². The Morgan fingerprint density at radius 2 is 1.73 bits per heavy atom. The van der Waals surface area contributed by atoms with Crippen molar-refractivity contribution in [2.45, 2.75) is 27.3 Å². The van der Waals surface area contributed by atoms with Gasteiger partial charge in [0.05, 0.1) is 23.8 Å². The van der Waals surface area contributed by atoms with Crippen molar-refractivity contribution in [1.29, 1.82) is 0 Å². The second kappa shape index (κ2) is 10.9. The van der Waals surface area contributed by atoms with Gasteiger partial charge in [-0.2, -0.15) is 5.10 Å². The molecule has 0 aliphatic carbocycles. The smallest absolute Gasteiger partial charge is 0.229 e. The molecule has 44 heavy (non-hydrogen) atoms. The predicted octanol–water partition coefficient (Wildman–Crippen LogP) is 5.40. The maximum absolute atomic E-state index is 14.6. The third-order valence-electron chi connectivity index (χ3n) is 7.02. The number of rotatable bonds is 7. The number of H-pyrrole nitrogens is 2. The van der Waals surface area contributed by atoms with Gasteiger partial charge in [0.2, 0.25) is 15.9 Å². The molecule has 0 radical (unpaired) electrons. The first kappa shape index (κ1) is 29.1. The van der Waals surface area contributed by atoms with Gasteiger partial charge in [-0.1, -0.05) is 20.8 Å². The van der Waals surface area contributed by atoms with Crippen LogP contribution >= 0.6 is 0 Å². The predicted molar refractivity (Wildman–Crippen MR) is 167 cm³/mol. The Morgan fingerprint density at radius 3 is 2.50 bits per heavy atom. The molecule has 13 heteroatoms. The number of halogens is 1. The summed E-state index contributed by atoms with van der Waals surface area (Å²) in [6, 6.07) is 11.9. The SMILES string of the molecule is CC(C)(C)C(=O)Nc1cncc(-c2cnc3[nH]nc(-c4cc5c(-c6cc(F)cc(CNS(C)(=O)=O)c6)ccnc5[nH]4)c3c2)c1. The van der Waals surface area contributed by atoms with E-state index in [1.54, 1.807) is 36.9 Å². The fourth-order valence-electron chi connectivity index (χ4n) is 4.78. The van der Waals surface area contributed by atoms with Crippen LogP contribution < -0.4 is 10.0 Å². The number of amides is 1. The molecular weight excluding hydrogens is 583 g/mol. The number of hydrogen-bond donors (Lipinski definition) is 4. The molecule has 1 amide bonds. The van der Waals surface area contributed by atoms with Crippen molar-refractivity contribution in [3.8, 4) is 33.6 Å². The third kappa shape index (κ3) is 6.05. The molecule has 5 aromatic heterocycles. The number of aromatic nitrogens is 6. The van der Waals surface area contributed by atoms with E-state index in [4.69, 9.17) is 0 Å². The van der Waals surface area contributed by atoms with Gasteiger partial charge in [-0.15, -0.1) is 0 Å². The molecule has 1 aromatic carbocycles. The van der Waals surface area contributed by atoms with Crippen LogP contribution in [0.2, 0.25) is 0 Å². The van der Waals surface area contributed by atoms with Crippen LogP contribution in [0.3, 0.4) is 0 Å². The van der Waals surface area contributed by atoms with Gasteiger partial charge in [-0.05, 0) is 59.2 Å². The first-order valence-electron chi connectivity index (χ1n) is 13.7. The number of sulfonamides is 1. The lowest BCUT2D eigenvalue weighted by atomic mass is 9.95. The summed E-state index contributed by atoms with van der Waals surface area (Å²) in [7, 11) is -3.44. The van der Waals surface area contributed by atoms with Crippen molar-refractivity contribution >= 4 is 43.7 Å². The topological polar surface area (TPSA) is 158 Å². The van der Waals surface area contributed by atoms with Gasteiger partial charge in [0, 0.05) is 52.4 Å². The van der Waals surface area contributed by atoms with Gasteiger partial charge in [0.1, 0.15) is 17.2 Å². The lowest BCUT2D eigenvalue weighted by Crippen LogP contribution is -2.27. The van der Waals surface area contributed by atoms with Crippen molar-refractivity contribution in [2.24, 2.45) is 5.41 Å². The molecule has 0 aliphatic rings. The Balaban J connectivity index is 1.37. The fraction of sp³-hybridized carbons (Fsp3) is 0.194. The highest BCUT2D eigenvalue weighted by Crippen LogP contribution is 2.35. The molecule has 4 N–H and O–H groups in total. The number of hydrogen-bond acceptors (Lipinski definition) is 7. The molecule has 6 rings (SSSR count). The molecule has 0 aliphatic heterocycles. The molecule has 0 fully saturated rings. The Morgan fingerprint density at radius 1 is 0.932 bits per heavy atom. The van der Waals surface area contributed by atoms with Gasteiger partial charge < -0.3 is 10.3 Å². The zero-order valence-electron chi connectivity index (χ0n) is 24.4. The van der Waals surface area contributed by atoms with Crippen LogP contribution in [-0.4, -0.2) is 50.7 Å². The summed E-state index contributed by atoms with van der Waals surface area (Å²) in [6.45, 7) is 5.49. The number of carbonyl (C=O) groups excluding carboxylic acids is 1. The van der Waals surface area contributed by atoms with Crippen molar-refractivity contribution < 1.29 is 17.6 Å².